The molecule has 0 aromatic heterocycles. The summed E-state index contributed by atoms with van der Waals surface area (Å²) in [5.74, 6) is -0.839. The topological polar surface area (TPSA) is 103 Å². The van der Waals surface area contributed by atoms with E-state index in [1.807, 2.05) is 0 Å². The zero-order valence-corrected chi connectivity index (χ0v) is 18.2. The molecule has 0 aliphatic carbocycles. The molecule has 0 atom stereocenters. The summed E-state index contributed by atoms with van der Waals surface area (Å²) in [7, 11) is 2.93. The molecule has 8 nitrogen and oxygen atoms in total. The number of hydrogen-bond donors (Lipinski definition) is 2. The quantitative estimate of drug-likeness (QED) is 0.218. The van der Waals surface area contributed by atoms with Crippen molar-refractivity contribution in [3.05, 3.63) is 57.6 Å². The first-order valence-corrected chi connectivity index (χ1v) is 9.64. The second kappa shape index (κ2) is 9.06. The van der Waals surface area contributed by atoms with E-state index in [2.05, 4.69) is 26.6 Å². The van der Waals surface area contributed by atoms with Crippen LogP contribution in [0.5, 0.6) is 17.2 Å². The molecule has 10 heteroatoms. The first-order valence-electron chi connectivity index (χ1n) is 8.44. The van der Waals surface area contributed by atoms with Gasteiger partial charge in [-0.15, -0.1) is 0 Å². The van der Waals surface area contributed by atoms with Crippen LogP contribution in [0.3, 0.4) is 0 Å². The average molecular weight is 491 g/mol. The molecule has 0 bridgehead atoms. The average Bonchev–Trinajstić information content (AvgIpc) is 2.72. The molecular weight excluding hydrogens is 476 g/mol. The molecule has 2 aromatic rings. The summed E-state index contributed by atoms with van der Waals surface area (Å²) < 4.78 is 16.3. The number of nitrogens with one attached hydrogen (secondary N) is 2. The minimum Gasteiger partial charge on any atom is -0.497 e. The van der Waals surface area contributed by atoms with Crippen molar-refractivity contribution in [3.8, 4) is 17.2 Å². The summed E-state index contributed by atoms with van der Waals surface area (Å²) in [6, 6.07) is 9.55. The van der Waals surface area contributed by atoms with Crippen molar-refractivity contribution < 1.29 is 28.6 Å². The molecule has 2 amide bonds. The van der Waals surface area contributed by atoms with Crippen molar-refractivity contribution in [1.82, 2.24) is 10.6 Å². The van der Waals surface area contributed by atoms with Crippen molar-refractivity contribution in [3.63, 3.8) is 0 Å². The number of ether oxygens (including phenoxy) is 3. The predicted octanol–water partition coefficient (Wildman–Crippen LogP) is 2.60. The lowest BCUT2D eigenvalue weighted by Gasteiger charge is -2.17. The molecule has 1 heterocycles. The summed E-state index contributed by atoms with van der Waals surface area (Å²) >= 11 is 8.11. The molecule has 30 heavy (non-hydrogen) atoms. The first-order chi connectivity index (χ1) is 14.3. The molecule has 1 fully saturated rings. The minimum absolute atomic E-state index is 0.0540. The van der Waals surface area contributed by atoms with Gasteiger partial charge in [-0.3, -0.25) is 20.2 Å². The van der Waals surface area contributed by atoms with Crippen LogP contribution in [0, 0.1) is 0 Å². The lowest BCUT2D eigenvalue weighted by molar-refractivity contribution is -0.123. The van der Waals surface area contributed by atoms with Crippen molar-refractivity contribution >= 4 is 57.1 Å². The fourth-order valence-electron chi connectivity index (χ4n) is 2.57. The first kappa shape index (κ1) is 21.5. The Balaban J connectivity index is 1.89. The molecule has 3 rings (SSSR count). The van der Waals surface area contributed by atoms with Crippen molar-refractivity contribution in [2.75, 3.05) is 14.2 Å². The molecule has 1 saturated heterocycles. The third-order valence-electron chi connectivity index (χ3n) is 4.03. The van der Waals surface area contributed by atoms with Gasteiger partial charge in [-0.25, -0.2) is 4.79 Å². The Labute approximate surface area is 185 Å². The smallest absolute Gasteiger partial charge is 0.343 e. The van der Waals surface area contributed by atoms with Gasteiger partial charge in [0.15, 0.2) is 16.6 Å². The summed E-state index contributed by atoms with van der Waals surface area (Å²) in [5, 5.41) is 4.66. The van der Waals surface area contributed by atoms with Gasteiger partial charge < -0.3 is 14.2 Å². The lowest BCUT2D eigenvalue weighted by atomic mass is 10.1. The maximum Gasteiger partial charge on any atom is 0.343 e. The van der Waals surface area contributed by atoms with Gasteiger partial charge in [0.25, 0.3) is 11.8 Å². The molecule has 1 aliphatic heterocycles. The van der Waals surface area contributed by atoms with Gasteiger partial charge in [0.05, 0.1) is 24.3 Å². The SMILES string of the molecule is COc1ccc(C(=O)Oc2c(Br)cc(C=C3C(=O)NC(=S)NC3=O)cc2OC)cc1. The Morgan fingerprint density at radius 3 is 2.23 bits per heavy atom. The van der Waals surface area contributed by atoms with E-state index in [-0.39, 0.29) is 22.2 Å². The molecule has 1 aliphatic rings. The zero-order valence-electron chi connectivity index (χ0n) is 15.8. The summed E-state index contributed by atoms with van der Waals surface area (Å²) in [6.45, 7) is 0. The van der Waals surface area contributed by atoms with Crippen LogP contribution < -0.4 is 24.8 Å². The van der Waals surface area contributed by atoms with E-state index >= 15 is 0 Å². The van der Waals surface area contributed by atoms with Crippen LogP contribution in [0.1, 0.15) is 15.9 Å². The number of amides is 2. The number of thiocarbonyl (C=S) groups is 1. The van der Waals surface area contributed by atoms with E-state index in [4.69, 9.17) is 26.4 Å². The monoisotopic (exact) mass is 490 g/mol. The van der Waals surface area contributed by atoms with E-state index in [1.165, 1.54) is 26.4 Å². The maximum atomic E-state index is 12.5. The normalized spacial score (nSPS) is 13.3. The second-order valence-corrected chi connectivity index (χ2v) is 7.21. The number of carbonyl (C=O) groups is 3. The number of hydrogen-bond acceptors (Lipinski definition) is 7. The van der Waals surface area contributed by atoms with E-state index in [9.17, 15) is 14.4 Å². The molecule has 0 saturated carbocycles. The molecule has 2 aromatic carbocycles. The standard InChI is InChI=1S/C20H15BrN2O6S/c1-27-12-5-3-11(4-6-12)19(26)29-16-14(21)8-10(9-15(16)28-2)7-13-17(24)22-20(30)23-18(13)25/h3-9H,1-2H3,(H2,22,23,24,25,30). The highest BCUT2D eigenvalue weighted by Gasteiger charge is 2.26. The highest BCUT2D eigenvalue weighted by molar-refractivity contribution is 9.10. The van der Waals surface area contributed by atoms with E-state index in [0.717, 1.165) is 0 Å². The highest BCUT2D eigenvalue weighted by atomic mass is 79.9. The summed E-state index contributed by atoms with van der Waals surface area (Å²) in [4.78, 5) is 36.5. The van der Waals surface area contributed by atoms with Crippen LogP contribution in [0.4, 0.5) is 0 Å². The van der Waals surface area contributed by atoms with Gasteiger partial charge in [-0.05, 0) is 76.2 Å². The van der Waals surface area contributed by atoms with E-state index < -0.39 is 17.8 Å². The fourth-order valence-corrected chi connectivity index (χ4v) is 3.30. The fraction of sp³-hybridized carbons (Fsp3) is 0.100. The highest BCUT2D eigenvalue weighted by Crippen LogP contribution is 2.38. The van der Waals surface area contributed by atoms with Gasteiger partial charge in [-0.1, -0.05) is 0 Å². The Bertz CT molecular complexity index is 1060. The van der Waals surface area contributed by atoms with Gasteiger partial charge >= 0.3 is 5.97 Å². The molecule has 2 N–H and O–H groups in total. The van der Waals surface area contributed by atoms with Crippen molar-refractivity contribution in [2.24, 2.45) is 0 Å². The van der Waals surface area contributed by atoms with Crippen LogP contribution in [0.25, 0.3) is 6.08 Å². The molecule has 0 spiro atoms. The van der Waals surface area contributed by atoms with Crippen LogP contribution in [-0.4, -0.2) is 37.1 Å². The van der Waals surface area contributed by atoms with Crippen LogP contribution in [0.15, 0.2) is 46.4 Å². The Morgan fingerprint density at radius 1 is 1.03 bits per heavy atom. The van der Waals surface area contributed by atoms with Crippen molar-refractivity contribution in [2.45, 2.75) is 0 Å². The molecular formula is C20H15BrN2O6S. The lowest BCUT2D eigenvalue weighted by Crippen LogP contribution is -2.51. The summed E-state index contributed by atoms with van der Waals surface area (Å²) in [6.07, 6.45) is 1.37. The number of methoxy groups -OCH3 is 2. The molecule has 0 radical (unpaired) electrons. The number of halogens is 1. The number of rotatable bonds is 5. The van der Waals surface area contributed by atoms with E-state index in [1.54, 1.807) is 30.3 Å². The summed E-state index contributed by atoms with van der Waals surface area (Å²) in [5.41, 5.74) is 0.666. The Morgan fingerprint density at radius 2 is 1.67 bits per heavy atom. The number of carbonyl (C=O) groups excluding carboxylic acids is 3. The Hall–Kier alpha value is -3.24. The van der Waals surface area contributed by atoms with Gasteiger partial charge in [0.1, 0.15) is 11.3 Å². The van der Waals surface area contributed by atoms with Gasteiger partial charge in [0.2, 0.25) is 0 Å². The zero-order chi connectivity index (χ0) is 21.8. The van der Waals surface area contributed by atoms with Crippen molar-refractivity contribution in [1.29, 1.82) is 0 Å². The number of esters is 1. The molecule has 154 valence electrons. The van der Waals surface area contributed by atoms with Gasteiger partial charge in [-0.2, -0.15) is 0 Å². The van der Waals surface area contributed by atoms with Crippen LogP contribution >= 0.6 is 28.1 Å². The van der Waals surface area contributed by atoms with E-state index in [0.29, 0.717) is 21.3 Å². The number of benzene rings is 2. The molecule has 0 unspecified atom stereocenters. The predicted molar refractivity (Wildman–Crippen MR) is 116 cm³/mol. The Kier molecular flexibility index (Phi) is 6.48. The van der Waals surface area contributed by atoms with Crippen LogP contribution in [0.2, 0.25) is 0 Å². The maximum absolute atomic E-state index is 12.5. The van der Waals surface area contributed by atoms with Gasteiger partial charge in [0, 0.05) is 0 Å². The third kappa shape index (κ3) is 4.66. The second-order valence-electron chi connectivity index (χ2n) is 5.95. The largest absolute Gasteiger partial charge is 0.497 e. The van der Waals surface area contributed by atoms with Crippen LogP contribution in [-0.2, 0) is 9.59 Å². The third-order valence-corrected chi connectivity index (χ3v) is 4.82. The minimum atomic E-state index is -0.617.